The van der Waals surface area contributed by atoms with Crippen molar-refractivity contribution in [1.29, 1.82) is 0 Å². The van der Waals surface area contributed by atoms with Crippen molar-refractivity contribution in [1.82, 2.24) is 5.43 Å². The molecule has 2 amide bonds. The van der Waals surface area contributed by atoms with E-state index >= 15 is 0 Å². The summed E-state index contributed by atoms with van der Waals surface area (Å²) in [6, 6.07) is 14.2. The van der Waals surface area contributed by atoms with E-state index in [2.05, 4.69) is 47.7 Å². The van der Waals surface area contributed by atoms with Crippen molar-refractivity contribution >= 4 is 55.6 Å². The van der Waals surface area contributed by atoms with Crippen molar-refractivity contribution in [2.24, 2.45) is 5.10 Å². The topological polar surface area (TPSA) is 70.6 Å². The van der Waals surface area contributed by atoms with Crippen LogP contribution in [0.25, 0.3) is 0 Å². The number of amides is 2. The second kappa shape index (κ2) is 7.86. The number of anilines is 1. The van der Waals surface area contributed by atoms with Gasteiger partial charge in [0.15, 0.2) is 0 Å². The summed E-state index contributed by atoms with van der Waals surface area (Å²) in [5.74, 6) is -1.62. The third-order valence-electron chi connectivity index (χ3n) is 2.56. The summed E-state index contributed by atoms with van der Waals surface area (Å²) in [5, 5.41) is 6.21. The highest BCUT2D eigenvalue weighted by Crippen LogP contribution is 2.13. The van der Waals surface area contributed by atoms with Crippen molar-refractivity contribution in [3.63, 3.8) is 0 Å². The molecule has 2 rings (SSSR count). The fourth-order valence-electron chi connectivity index (χ4n) is 1.49. The molecule has 0 unspecified atom stereocenters. The van der Waals surface area contributed by atoms with Gasteiger partial charge in [0.2, 0.25) is 0 Å². The fraction of sp³-hybridized carbons (Fsp3) is 0. The van der Waals surface area contributed by atoms with Crippen LogP contribution in [0, 0.1) is 0 Å². The average molecular weight is 425 g/mol. The van der Waals surface area contributed by atoms with Gasteiger partial charge in [-0.3, -0.25) is 9.59 Å². The van der Waals surface area contributed by atoms with E-state index in [1.807, 2.05) is 24.3 Å². The fourth-order valence-corrected chi connectivity index (χ4v) is 2.01. The molecule has 0 bridgehead atoms. The highest BCUT2D eigenvalue weighted by Gasteiger charge is 2.12. The van der Waals surface area contributed by atoms with E-state index in [0.717, 1.165) is 14.5 Å². The number of nitrogens with one attached hydrogen (secondary N) is 2. The summed E-state index contributed by atoms with van der Waals surface area (Å²) in [4.78, 5) is 23.3. The van der Waals surface area contributed by atoms with E-state index < -0.39 is 11.8 Å². The van der Waals surface area contributed by atoms with Crippen LogP contribution in [0.3, 0.4) is 0 Å². The van der Waals surface area contributed by atoms with E-state index in [4.69, 9.17) is 0 Å². The Morgan fingerprint density at radius 1 is 0.864 bits per heavy atom. The van der Waals surface area contributed by atoms with E-state index in [0.29, 0.717) is 5.69 Å². The SMILES string of the molecule is O=C(N/N=C\c1ccc(Br)cc1)C(=O)Nc1ccc(Br)cc1. The predicted molar refractivity (Wildman–Crippen MR) is 92.7 cm³/mol. The van der Waals surface area contributed by atoms with Gasteiger partial charge in [0.1, 0.15) is 0 Å². The van der Waals surface area contributed by atoms with Crippen LogP contribution in [-0.2, 0) is 9.59 Å². The lowest BCUT2D eigenvalue weighted by Gasteiger charge is -2.03. The Morgan fingerprint density at radius 2 is 1.41 bits per heavy atom. The lowest BCUT2D eigenvalue weighted by atomic mass is 10.2. The molecule has 0 atom stereocenters. The first-order valence-corrected chi connectivity index (χ1v) is 7.79. The Labute approximate surface area is 144 Å². The quantitative estimate of drug-likeness (QED) is 0.450. The van der Waals surface area contributed by atoms with Crippen LogP contribution >= 0.6 is 31.9 Å². The maximum Gasteiger partial charge on any atom is 0.329 e. The van der Waals surface area contributed by atoms with Crippen molar-refractivity contribution in [2.45, 2.75) is 0 Å². The number of halogens is 2. The number of benzene rings is 2. The summed E-state index contributed by atoms with van der Waals surface area (Å²) in [7, 11) is 0. The molecule has 0 fully saturated rings. The number of hydrogen-bond acceptors (Lipinski definition) is 3. The lowest BCUT2D eigenvalue weighted by molar-refractivity contribution is -0.136. The molecule has 0 aliphatic carbocycles. The second-order valence-electron chi connectivity index (χ2n) is 4.21. The van der Waals surface area contributed by atoms with Gasteiger partial charge in [0, 0.05) is 14.6 Å². The number of hydrazone groups is 1. The molecular formula is C15H11Br2N3O2. The van der Waals surface area contributed by atoms with Gasteiger partial charge in [-0.1, -0.05) is 44.0 Å². The molecule has 0 aliphatic heterocycles. The number of carbonyl (C=O) groups excluding carboxylic acids is 2. The summed E-state index contributed by atoms with van der Waals surface area (Å²) in [6.45, 7) is 0. The second-order valence-corrected chi connectivity index (χ2v) is 6.04. The summed E-state index contributed by atoms with van der Waals surface area (Å²) < 4.78 is 1.83. The predicted octanol–water partition coefficient (Wildman–Crippen LogP) is 3.30. The highest BCUT2D eigenvalue weighted by atomic mass is 79.9. The average Bonchev–Trinajstić information content (AvgIpc) is 2.51. The zero-order chi connectivity index (χ0) is 15.9. The minimum Gasteiger partial charge on any atom is -0.318 e. The van der Waals surface area contributed by atoms with Crippen LogP contribution in [0.2, 0.25) is 0 Å². The summed E-state index contributed by atoms with van der Waals surface area (Å²) in [5.41, 5.74) is 3.51. The molecule has 0 saturated carbocycles. The number of rotatable bonds is 3. The van der Waals surface area contributed by atoms with Crippen molar-refractivity contribution < 1.29 is 9.59 Å². The molecular weight excluding hydrogens is 414 g/mol. The standard InChI is InChI=1S/C15H11Br2N3O2/c16-11-3-1-10(2-4-11)9-18-20-15(22)14(21)19-13-7-5-12(17)6-8-13/h1-9H,(H,19,21)(H,20,22)/b18-9-. The zero-order valence-electron chi connectivity index (χ0n) is 11.2. The van der Waals surface area contributed by atoms with Crippen LogP contribution in [0.5, 0.6) is 0 Å². The van der Waals surface area contributed by atoms with Gasteiger partial charge >= 0.3 is 11.8 Å². The highest BCUT2D eigenvalue weighted by molar-refractivity contribution is 9.10. The molecule has 0 radical (unpaired) electrons. The van der Waals surface area contributed by atoms with Crippen molar-refractivity contribution in [2.75, 3.05) is 5.32 Å². The molecule has 0 aromatic heterocycles. The number of nitrogens with zero attached hydrogens (tertiary/aromatic N) is 1. The minimum absolute atomic E-state index is 0.528. The number of carbonyl (C=O) groups is 2. The first-order chi connectivity index (χ1) is 10.5. The molecule has 5 nitrogen and oxygen atoms in total. The Balaban J connectivity index is 1.87. The van der Waals surface area contributed by atoms with Gasteiger partial charge in [0.25, 0.3) is 0 Å². The maximum atomic E-state index is 11.7. The molecule has 0 saturated heterocycles. The van der Waals surface area contributed by atoms with Crippen molar-refractivity contribution in [3.05, 3.63) is 63.0 Å². The molecule has 7 heteroatoms. The van der Waals surface area contributed by atoms with Crippen LogP contribution in [0.1, 0.15) is 5.56 Å². The van der Waals surface area contributed by atoms with Gasteiger partial charge in [-0.05, 0) is 42.0 Å². The lowest BCUT2D eigenvalue weighted by Crippen LogP contribution is -2.32. The first-order valence-electron chi connectivity index (χ1n) is 6.20. The van der Waals surface area contributed by atoms with Gasteiger partial charge in [0.05, 0.1) is 6.21 Å². The normalized spacial score (nSPS) is 10.5. The van der Waals surface area contributed by atoms with Crippen LogP contribution < -0.4 is 10.7 Å². The number of hydrogen-bond donors (Lipinski definition) is 2. The van der Waals surface area contributed by atoms with E-state index in [9.17, 15) is 9.59 Å². The zero-order valence-corrected chi connectivity index (χ0v) is 14.4. The van der Waals surface area contributed by atoms with E-state index in [1.165, 1.54) is 6.21 Å². The summed E-state index contributed by atoms with van der Waals surface area (Å²) >= 11 is 6.61. The van der Waals surface area contributed by atoms with Gasteiger partial charge in [-0.15, -0.1) is 0 Å². The third-order valence-corrected chi connectivity index (χ3v) is 3.62. The Kier molecular flexibility index (Phi) is 5.85. The summed E-state index contributed by atoms with van der Waals surface area (Å²) in [6.07, 6.45) is 1.46. The van der Waals surface area contributed by atoms with Crippen LogP contribution in [-0.4, -0.2) is 18.0 Å². The van der Waals surface area contributed by atoms with Crippen LogP contribution in [0.15, 0.2) is 62.6 Å². The molecule has 22 heavy (non-hydrogen) atoms. The van der Waals surface area contributed by atoms with E-state index in [1.54, 1.807) is 24.3 Å². The monoisotopic (exact) mass is 423 g/mol. The Morgan fingerprint density at radius 3 is 2.00 bits per heavy atom. The van der Waals surface area contributed by atoms with Crippen molar-refractivity contribution in [3.8, 4) is 0 Å². The molecule has 0 aliphatic rings. The Bertz CT molecular complexity index is 698. The molecule has 2 N–H and O–H groups in total. The largest absolute Gasteiger partial charge is 0.329 e. The van der Waals surface area contributed by atoms with Gasteiger partial charge in [-0.25, -0.2) is 5.43 Å². The van der Waals surface area contributed by atoms with Crippen LogP contribution in [0.4, 0.5) is 5.69 Å². The maximum absolute atomic E-state index is 11.7. The van der Waals surface area contributed by atoms with Gasteiger partial charge < -0.3 is 5.32 Å². The van der Waals surface area contributed by atoms with Gasteiger partial charge in [-0.2, -0.15) is 5.10 Å². The minimum atomic E-state index is -0.837. The molecule has 112 valence electrons. The first kappa shape index (κ1) is 16.4. The molecule has 0 heterocycles. The molecule has 0 spiro atoms. The smallest absolute Gasteiger partial charge is 0.318 e. The third kappa shape index (κ3) is 5.09. The van der Waals surface area contributed by atoms with E-state index in [-0.39, 0.29) is 0 Å². The molecule has 2 aromatic rings. The molecule has 2 aromatic carbocycles. The Hall–Kier alpha value is -1.99.